The molecule has 0 saturated carbocycles. The third-order valence-corrected chi connectivity index (χ3v) is 3.94. The van der Waals surface area contributed by atoms with E-state index < -0.39 is 0 Å². The smallest absolute Gasteiger partial charge is 0.257 e. The summed E-state index contributed by atoms with van der Waals surface area (Å²) in [5, 5.41) is 17.8. The van der Waals surface area contributed by atoms with Crippen molar-refractivity contribution >= 4 is 51.3 Å². The van der Waals surface area contributed by atoms with Gasteiger partial charge in [-0.25, -0.2) is 0 Å². The first-order valence-corrected chi connectivity index (χ1v) is 7.92. The minimum absolute atomic E-state index is 0.172. The third kappa shape index (κ3) is 3.48. The van der Waals surface area contributed by atoms with Gasteiger partial charge < -0.3 is 10.4 Å². The van der Waals surface area contributed by atoms with Gasteiger partial charge in [-0.05, 0) is 48.6 Å². The van der Waals surface area contributed by atoms with Gasteiger partial charge in [-0.15, -0.1) is 0 Å². The van der Waals surface area contributed by atoms with E-state index in [9.17, 15) is 9.90 Å². The fraction of sp³-hybridized carbons (Fsp3) is 0. The first-order valence-electron chi connectivity index (χ1n) is 7.13. The molecular formula is C18H13ClN2O2S. The van der Waals surface area contributed by atoms with Crippen LogP contribution in [0, 0.1) is 0 Å². The lowest BCUT2D eigenvalue weighted by molar-refractivity contribution is 0.0977. The minimum Gasteiger partial charge on any atom is -0.507 e. The van der Waals surface area contributed by atoms with Gasteiger partial charge >= 0.3 is 0 Å². The van der Waals surface area contributed by atoms with Crippen LogP contribution >= 0.6 is 23.8 Å². The molecule has 0 aromatic heterocycles. The fourth-order valence-corrected chi connectivity index (χ4v) is 2.65. The third-order valence-electron chi connectivity index (χ3n) is 3.48. The molecule has 24 heavy (non-hydrogen) atoms. The Bertz CT molecular complexity index is 926. The van der Waals surface area contributed by atoms with Crippen molar-refractivity contribution < 1.29 is 9.90 Å². The lowest BCUT2D eigenvalue weighted by atomic mass is 10.1. The van der Waals surface area contributed by atoms with Crippen LogP contribution in [0.5, 0.6) is 5.75 Å². The van der Waals surface area contributed by atoms with Gasteiger partial charge in [0.25, 0.3) is 5.91 Å². The van der Waals surface area contributed by atoms with Gasteiger partial charge in [0.1, 0.15) is 5.75 Å². The van der Waals surface area contributed by atoms with E-state index in [1.165, 1.54) is 0 Å². The molecule has 6 heteroatoms. The van der Waals surface area contributed by atoms with Gasteiger partial charge in [0.2, 0.25) is 0 Å². The maximum Gasteiger partial charge on any atom is 0.257 e. The van der Waals surface area contributed by atoms with Gasteiger partial charge in [-0.3, -0.25) is 10.1 Å². The largest absolute Gasteiger partial charge is 0.507 e. The number of carbonyl (C=O) groups excluding carboxylic acids is 1. The van der Waals surface area contributed by atoms with Crippen LogP contribution in [0.3, 0.4) is 0 Å². The fourth-order valence-electron chi connectivity index (χ4n) is 2.32. The standard InChI is InChI=1S/C18H13ClN2O2S/c19-12-7-5-11(6-8-12)17(23)21-18(24)20-15-9-10-16(22)14-4-2-1-3-13(14)15/h1-10,22H,(H2,20,21,23,24). The highest BCUT2D eigenvalue weighted by Gasteiger charge is 2.10. The molecule has 3 N–H and O–H groups in total. The second-order valence-electron chi connectivity index (χ2n) is 5.09. The Hall–Kier alpha value is -2.63. The van der Waals surface area contributed by atoms with Crippen molar-refractivity contribution in [2.24, 2.45) is 0 Å². The van der Waals surface area contributed by atoms with Crippen LogP contribution in [0.1, 0.15) is 10.4 Å². The molecular weight excluding hydrogens is 344 g/mol. The molecule has 0 saturated heterocycles. The number of anilines is 1. The van der Waals surface area contributed by atoms with E-state index in [1.54, 1.807) is 36.4 Å². The molecule has 0 heterocycles. The van der Waals surface area contributed by atoms with Crippen LogP contribution < -0.4 is 10.6 Å². The van der Waals surface area contributed by atoms with Gasteiger partial charge in [-0.2, -0.15) is 0 Å². The molecule has 3 aromatic rings. The van der Waals surface area contributed by atoms with Crippen LogP contribution in [-0.2, 0) is 0 Å². The summed E-state index contributed by atoms with van der Waals surface area (Å²) >= 11 is 11.0. The number of halogens is 1. The molecule has 1 amide bonds. The van der Waals surface area contributed by atoms with Crippen LogP contribution in [0.15, 0.2) is 60.7 Å². The van der Waals surface area contributed by atoms with Crippen molar-refractivity contribution in [3.8, 4) is 5.75 Å². The monoisotopic (exact) mass is 356 g/mol. The Morgan fingerprint density at radius 2 is 1.62 bits per heavy atom. The van der Waals surface area contributed by atoms with E-state index in [2.05, 4.69) is 10.6 Å². The summed E-state index contributed by atoms with van der Waals surface area (Å²) in [4.78, 5) is 12.2. The normalized spacial score (nSPS) is 10.4. The molecule has 0 radical (unpaired) electrons. The van der Waals surface area contributed by atoms with Gasteiger partial charge in [-0.1, -0.05) is 35.9 Å². The Balaban J connectivity index is 1.77. The van der Waals surface area contributed by atoms with Gasteiger partial charge in [0.15, 0.2) is 5.11 Å². The predicted octanol–water partition coefficient (Wildman–Crippen LogP) is 4.33. The number of hydrogen-bond donors (Lipinski definition) is 3. The minimum atomic E-state index is -0.327. The average molecular weight is 357 g/mol. The molecule has 0 spiro atoms. The lowest BCUT2D eigenvalue weighted by Crippen LogP contribution is -2.34. The molecule has 0 aliphatic carbocycles. The molecule has 4 nitrogen and oxygen atoms in total. The van der Waals surface area contributed by atoms with E-state index in [0.717, 1.165) is 5.39 Å². The number of rotatable bonds is 2. The van der Waals surface area contributed by atoms with Crippen LogP contribution in [0.4, 0.5) is 5.69 Å². The maximum atomic E-state index is 12.2. The molecule has 0 atom stereocenters. The first kappa shape index (κ1) is 16.2. The number of fused-ring (bicyclic) bond motifs is 1. The van der Waals surface area contributed by atoms with Gasteiger partial charge in [0.05, 0.1) is 0 Å². The molecule has 0 aliphatic rings. The number of carbonyl (C=O) groups is 1. The summed E-state index contributed by atoms with van der Waals surface area (Å²) in [6, 6.07) is 17.2. The molecule has 0 aliphatic heterocycles. The molecule has 3 rings (SSSR count). The van der Waals surface area contributed by atoms with Crippen molar-refractivity contribution in [2.75, 3.05) is 5.32 Å². The highest BCUT2D eigenvalue weighted by Crippen LogP contribution is 2.30. The zero-order chi connectivity index (χ0) is 17.1. The Morgan fingerprint density at radius 1 is 0.958 bits per heavy atom. The Labute approximate surface area is 149 Å². The van der Waals surface area contributed by atoms with Crippen LogP contribution in [0.25, 0.3) is 10.8 Å². The summed E-state index contributed by atoms with van der Waals surface area (Å²) in [6.07, 6.45) is 0. The van der Waals surface area contributed by atoms with E-state index in [0.29, 0.717) is 21.7 Å². The summed E-state index contributed by atoms with van der Waals surface area (Å²) in [6.45, 7) is 0. The topological polar surface area (TPSA) is 61.4 Å². The van der Waals surface area contributed by atoms with Crippen molar-refractivity contribution in [3.05, 3.63) is 71.2 Å². The van der Waals surface area contributed by atoms with E-state index in [4.69, 9.17) is 23.8 Å². The zero-order valence-electron chi connectivity index (χ0n) is 12.4. The Morgan fingerprint density at radius 3 is 2.33 bits per heavy atom. The number of amides is 1. The summed E-state index contributed by atoms with van der Waals surface area (Å²) < 4.78 is 0. The number of benzene rings is 3. The molecule has 0 bridgehead atoms. The average Bonchev–Trinajstić information content (AvgIpc) is 2.58. The summed E-state index contributed by atoms with van der Waals surface area (Å²) in [5.74, 6) is -0.139. The number of phenols is 1. The highest BCUT2D eigenvalue weighted by molar-refractivity contribution is 7.80. The number of nitrogens with one attached hydrogen (secondary N) is 2. The highest BCUT2D eigenvalue weighted by atomic mass is 35.5. The number of phenolic OH excluding ortho intramolecular Hbond substituents is 1. The first-order chi connectivity index (χ1) is 11.5. The summed E-state index contributed by atoms with van der Waals surface area (Å²) in [7, 11) is 0. The van der Waals surface area contributed by atoms with E-state index in [1.807, 2.05) is 24.3 Å². The van der Waals surface area contributed by atoms with Gasteiger partial charge in [0, 0.05) is 27.0 Å². The second-order valence-corrected chi connectivity index (χ2v) is 5.94. The van der Waals surface area contributed by atoms with Crippen molar-refractivity contribution in [3.63, 3.8) is 0 Å². The summed E-state index contributed by atoms with van der Waals surface area (Å²) in [5.41, 5.74) is 1.16. The lowest BCUT2D eigenvalue weighted by Gasteiger charge is -2.12. The number of hydrogen-bond acceptors (Lipinski definition) is 3. The van der Waals surface area contributed by atoms with E-state index in [-0.39, 0.29) is 16.8 Å². The molecule has 3 aromatic carbocycles. The molecule has 0 unspecified atom stereocenters. The van der Waals surface area contributed by atoms with Crippen molar-refractivity contribution in [2.45, 2.75) is 0 Å². The predicted molar refractivity (Wildman–Crippen MR) is 101 cm³/mol. The van der Waals surface area contributed by atoms with Crippen LogP contribution in [-0.4, -0.2) is 16.1 Å². The second kappa shape index (κ2) is 6.86. The zero-order valence-corrected chi connectivity index (χ0v) is 14.0. The molecule has 0 fully saturated rings. The quantitative estimate of drug-likeness (QED) is 0.472. The maximum absolute atomic E-state index is 12.2. The van der Waals surface area contributed by atoms with Crippen molar-refractivity contribution in [1.29, 1.82) is 0 Å². The van der Waals surface area contributed by atoms with E-state index >= 15 is 0 Å². The van der Waals surface area contributed by atoms with Crippen molar-refractivity contribution in [1.82, 2.24) is 5.32 Å². The Kier molecular flexibility index (Phi) is 4.64. The number of aromatic hydroxyl groups is 1. The molecule has 120 valence electrons. The van der Waals surface area contributed by atoms with Crippen LogP contribution in [0.2, 0.25) is 5.02 Å². The SMILES string of the molecule is O=C(NC(=S)Nc1ccc(O)c2ccccc12)c1ccc(Cl)cc1. The number of thiocarbonyl (C=S) groups is 1.